The number of aromatic nitrogens is 2. The molecule has 1 aromatic carbocycles. The lowest BCUT2D eigenvalue weighted by Gasteiger charge is -2.25. The Bertz CT molecular complexity index is 1380. The van der Waals surface area contributed by atoms with Gasteiger partial charge in [0.05, 0.1) is 24.2 Å². The first-order valence-corrected chi connectivity index (χ1v) is 14.9. The van der Waals surface area contributed by atoms with Gasteiger partial charge in [-0.1, -0.05) is 24.3 Å². The summed E-state index contributed by atoms with van der Waals surface area (Å²) < 4.78 is 65.2. The van der Waals surface area contributed by atoms with Crippen molar-refractivity contribution in [2.24, 2.45) is 5.41 Å². The van der Waals surface area contributed by atoms with Gasteiger partial charge in [-0.15, -0.1) is 11.3 Å². The molecule has 0 radical (unpaired) electrons. The number of alkyl halides is 3. The molecule has 2 saturated heterocycles. The van der Waals surface area contributed by atoms with Crippen molar-refractivity contribution in [3.8, 4) is 0 Å². The molecule has 2 aliphatic heterocycles. The molecule has 8 nitrogen and oxygen atoms in total. The van der Waals surface area contributed by atoms with Gasteiger partial charge in [-0.3, -0.25) is 4.90 Å². The van der Waals surface area contributed by atoms with Crippen LogP contribution in [0.4, 0.5) is 19.0 Å². The molecule has 3 aromatic rings. The van der Waals surface area contributed by atoms with Crippen molar-refractivity contribution in [3.63, 3.8) is 0 Å². The molecule has 2 aromatic heterocycles. The smallest absolute Gasteiger partial charge is 0.393 e. The van der Waals surface area contributed by atoms with Gasteiger partial charge in [0, 0.05) is 43.0 Å². The predicted molar refractivity (Wildman–Crippen MR) is 140 cm³/mol. The van der Waals surface area contributed by atoms with Crippen LogP contribution in [0.5, 0.6) is 0 Å². The molecular formula is C25H30F3N5O3S2. The minimum absolute atomic E-state index is 0.00299. The standard InChI is InChI=1S/C25H30F3N5O3S2/c26-25(27,28)12-20-11-21-22(29-17-30-23(21)37-20)33-9-6-24(16-33)5-8-32(15-24)13-18-1-3-19(4-2-18)14-38(35,36)31-7-10-34/h1-4,11,17,31,34H,5-10,12-16H2. The summed E-state index contributed by atoms with van der Waals surface area (Å²) >= 11 is 1.08. The summed E-state index contributed by atoms with van der Waals surface area (Å²) in [5.41, 5.74) is 1.90. The van der Waals surface area contributed by atoms with E-state index >= 15 is 0 Å². The summed E-state index contributed by atoms with van der Waals surface area (Å²) in [6, 6.07) is 9.15. The summed E-state index contributed by atoms with van der Waals surface area (Å²) in [5.74, 6) is 0.586. The van der Waals surface area contributed by atoms with Crippen molar-refractivity contribution >= 4 is 37.4 Å². The molecule has 1 unspecified atom stereocenters. The maximum atomic E-state index is 12.9. The van der Waals surface area contributed by atoms with Crippen molar-refractivity contribution in [1.82, 2.24) is 19.6 Å². The number of nitrogens with zero attached hydrogens (tertiary/aromatic N) is 4. The summed E-state index contributed by atoms with van der Waals surface area (Å²) in [6.45, 7) is 4.00. The van der Waals surface area contributed by atoms with E-state index in [0.29, 0.717) is 21.6 Å². The van der Waals surface area contributed by atoms with Crippen LogP contribution in [0.15, 0.2) is 36.7 Å². The highest BCUT2D eigenvalue weighted by molar-refractivity contribution is 7.88. The number of hydrogen-bond donors (Lipinski definition) is 2. The van der Waals surface area contributed by atoms with E-state index in [0.717, 1.165) is 62.5 Å². The van der Waals surface area contributed by atoms with Crippen LogP contribution >= 0.6 is 11.3 Å². The molecule has 38 heavy (non-hydrogen) atoms. The fraction of sp³-hybridized carbons (Fsp3) is 0.520. The van der Waals surface area contributed by atoms with Crippen LogP contribution in [0.1, 0.15) is 28.8 Å². The van der Waals surface area contributed by atoms with Crippen LogP contribution in [0.3, 0.4) is 0 Å². The minimum atomic E-state index is -4.25. The second-order valence-electron chi connectivity index (χ2n) is 10.2. The molecule has 0 bridgehead atoms. The second kappa shape index (κ2) is 10.7. The number of aliphatic hydroxyl groups excluding tert-OH is 1. The number of nitrogens with one attached hydrogen (secondary N) is 1. The predicted octanol–water partition coefficient (Wildman–Crippen LogP) is 3.31. The number of likely N-dealkylation sites (tertiary alicyclic amines) is 1. The van der Waals surface area contributed by atoms with E-state index < -0.39 is 22.6 Å². The maximum Gasteiger partial charge on any atom is 0.393 e. The Labute approximate surface area is 223 Å². The Balaban J connectivity index is 1.20. The van der Waals surface area contributed by atoms with Gasteiger partial charge in [-0.05, 0) is 36.6 Å². The van der Waals surface area contributed by atoms with Gasteiger partial charge in [-0.2, -0.15) is 13.2 Å². The number of thiophene rings is 1. The molecule has 1 atom stereocenters. The van der Waals surface area contributed by atoms with Gasteiger partial charge in [-0.25, -0.2) is 23.1 Å². The average Bonchev–Trinajstić information content (AvgIpc) is 3.56. The molecule has 2 N–H and O–H groups in total. The third kappa shape index (κ3) is 6.45. The van der Waals surface area contributed by atoms with E-state index in [2.05, 4.69) is 24.5 Å². The quantitative estimate of drug-likeness (QED) is 0.408. The Morgan fingerprint density at radius 3 is 2.55 bits per heavy atom. The van der Waals surface area contributed by atoms with E-state index in [4.69, 9.17) is 5.11 Å². The molecule has 0 saturated carbocycles. The lowest BCUT2D eigenvalue weighted by Crippen LogP contribution is -2.31. The van der Waals surface area contributed by atoms with E-state index in [1.807, 2.05) is 24.3 Å². The van der Waals surface area contributed by atoms with E-state index in [1.54, 1.807) is 6.07 Å². The largest absolute Gasteiger partial charge is 0.395 e. The molecule has 0 amide bonds. The summed E-state index contributed by atoms with van der Waals surface area (Å²) in [6.07, 6.45) is -1.74. The van der Waals surface area contributed by atoms with Gasteiger partial charge in [0.2, 0.25) is 10.0 Å². The highest BCUT2D eigenvalue weighted by atomic mass is 32.2. The fourth-order valence-corrected chi connectivity index (χ4v) is 7.67. The van der Waals surface area contributed by atoms with Crippen LogP contribution in [0.2, 0.25) is 0 Å². The Morgan fingerprint density at radius 1 is 1.08 bits per heavy atom. The van der Waals surface area contributed by atoms with Crippen LogP contribution in [-0.2, 0) is 28.7 Å². The zero-order valence-corrected chi connectivity index (χ0v) is 22.4. The minimum Gasteiger partial charge on any atom is -0.395 e. The molecule has 206 valence electrons. The summed E-state index contributed by atoms with van der Waals surface area (Å²) in [4.78, 5) is 14.1. The first-order valence-electron chi connectivity index (χ1n) is 12.5. The molecule has 4 heterocycles. The fourth-order valence-electron chi connectivity index (χ4n) is 5.51. The highest BCUT2D eigenvalue weighted by Gasteiger charge is 2.44. The topological polar surface area (TPSA) is 98.7 Å². The Kier molecular flexibility index (Phi) is 7.66. The van der Waals surface area contributed by atoms with E-state index in [-0.39, 0.29) is 29.2 Å². The van der Waals surface area contributed by atoms with Gasteiger partial charge in [0.1, 0.15) is 17.0 Å². The lowest BCUT2D eigenvalue weighted by atomic mass is 9.86. The second-order valence-corrected chi connectivity index (χ2v) is 13.2. The number of hydrogen-bond acceptors (Lipinski definition) is 8. The van der Waals surface area contributed by atoms with Crippen molar-refractivity contribution in [2.75, 3.05) is 44.2 Å². The maximum absolute atomic E-state index is 12.9. The third-order valence-corrected chi connectivity index (χ3v) is 9.61. The Morgan fingerprint density at radius 2 is 1.82 bits per heavy atom. The van der Waals surface area contributed by atoms with Crippen molar-refractivity contribution in [2.45, 2.75) is 37.7 Å². The van der Waals surface area contributed by atoms with Gasteiger partial charge >= 0.3 is 6.18 Å². The zero-order chi connectivity index (χ0) is 27.0. The molecule has 5 rings (SSSR count). The molecule has 13 heteroatoms. The van der Waals surface area contributed by atoms with E-state index in [1.165, 1.54) is 6.33 Å². The third-order valence-electron chi connectivity index (χ3n) is 7.21. The normalized spacial score (nSPS) is 20.8. The van der Waals surface area contributed by atoms with Crippen LogP contribution in [0, 0.1) is 5.41 Å². The number of rotatable bonds is 9. The number of benzene rings is 1. The van der Waals surface area contributed by atoms with Crippen LogP contribution in [0.25, 0.3) is 10.2 Å². The number of halogens is 3. The zero-order valence-electron chi connectivity index (χ0n) is 20.7. The molecule has 1 spiro atoms. The van der Waals surface area contributed by atoms with E-state index in [9.17, 15) is 21.6 Å². The van der Waals surface area contributed by atoms with Crippen molar-refractivity contribution in [1.29, 1.82) is 0 Å². The van der Waals surface area contributed by atoms with Gasteiger partial charge < -0.3 is 10.0 Å². The lowest BCUT2D eigenvalue weighted by molar-refractivity contribution is -0.126. The Hall–Kier alpha value is -2.32. The SMILES string of the molecule is O=S(=O)(Cc1ccc(CN2CCC3(CCN(c4ncnc5sc(CC(F)(F)F)cc45)C3)C2)cc1)NCCO. The first kappa shape index (κ1) is 27.3. The van der Waals surface area contributed by atoms with Crippen LogP contribution in [-0.4, -0.2) is 73.9 Å². The monoisotopic (exact) mass is 569 g/mol. The molecular weight excluding hydrogens is 539 g/mol. The van der Waals surface area contributed by atoms with Crippen molar-refractivity contribution < 1.29 is 26.7 Å². The van der Waals surface area contributed by atoms with Gasteiger partial charge in [0.25, 0.3) is 0 Å². The summed E-state index contributed by atoms with van der Waals surface area (Å²) in [7, 11) is -3.48. The van der Waals surface area contributed by atoms with Crippen LogP contribution < -0.4 is 9.62 Å². The summed E-state index contributed by atoms with van der Waals surface area (Å²) in [5, 5.41) is 9.51. The molecule has 2 fully saturated rings. The number of aliphatic hydroxyl groups is 1. The van der Waals surface area contributed by atoms with Crippen molar-refractivity contribution in [3.05, 3.63) is 52.7 Å². The molecule has 2 aliphatic rings. The average molecular weight is 570 g/mol. The van der Waals surface area contributed by atoms with Gasteiger partial charge in [0.15, 0.2) is 0 Å². The first-order chi connectivity index (χ1) is 18.0. The number of fused-ring (bicyclic) bond motifs is 1. The number of sulfonamides is 1. The highest BCUT2D eigenvalue weighted by Crippen LogP contribution is 2.43. The molecule has 0 aliphatic carbocycles. The number of anilines is 1.